The van der Waals surface area contributed by atoms with Crippen molar-refractivity contribution in [1.82, 2.24) is 24.5 Å². The third-order valence-corrected chi connectivity index (χ3v) is 4.68. The average Bonchev–Trinajstić information content (AvgIpc) is 3.22. The van der Waals surface area contributed by atoms with Gasteiger partial charge < -0.3 is 18.9 Å². The van der Waals surface area contributed by atoms with Gasteiger partial charge in [-0.05, 0) is 33.9 Å². The largest absolute Gasteiger partial charge is 0.361 e. The normalized spacial score (nSPS) is 18.1. The van der Waals surface area contributed by atoms with Crippen molar-refractivity contribution in [3.05, 3.63) is 35.7 Å². The SMILES string of the molecule is Cc1cc(CC(=O)N2CCCC(c3nccn3CCN(C)C)C2)on1. The molecule has 2 aromatic rings. The smallest absolute Gasteiger partial charge is 0.230 e. The maximum atomic E-state index is 12.6. The van der Waals surface area contributed by atoms with E-state index in [1.807, 2.05) is 30.3 Å². The highest BCUT2D eigenvalue weighted by atomic mass is 16.5. The van der Waals surface area contributed by atoms with E-state index in [9.17, 15) is 4.79 Å². The van der Waals surface area contributed by atoms with E-state index >= 15 is 0 Å². The van der Waals surface area contributed by atoms with Gasteiger partial charge in [0.05, 0.1) is 12.1 Å². The van der Waals surface area contributed by atoms with Crippen molar-refractivity contribution in [3.8, 4) is 0 Å². The maximum Gasteiger partial charge on any atom is 0.230 e. The molecule has 1 aliphatic heterocycles. The van der Waals surface area contributed by atoms with E-state index in [-0.39, 0.29) is 12.3 Å². The number of nitrogens with zero attached hydrogens (tertiary/aromatic N) is 5. The molecule has 3 rings (SSSR count). The molecule has 136 valence electrons. The van der Waals surface area contributed by atoms with Gasteiger partial charge in [-0.25, -0.2) is 4.98 Å². The first-order valence-corrected chi connectivity index (χ1v) is 8.88. The molecular weight excluding hydrogens is 318 g/mol. The molecule has 0 saturated carbocycles. The zero-order valence-corrected chi connectivity index (χ0v) is 15.3. The molecule has 0 radical (unpaired) electrons. The predicted octanol–water partition coefficient (Wildman–Crippen LogP) is 1.69. The van der Waals surface area contributed by atoms with Gasteiger partial charge in [-0.1, -0.05) is 5.16 Å². The summed E-state index contributed by atoms with van der Waals surface area (Å²) in [5.41, 5.74) is 0.808. The van der Waals surface area contributed by atoms with Crippen LogP contribution >= 0.6 is 0 Å². The number of amides is 1. The van der Waals surface area contributed by atoms with Crippen molar-refractivity contribution in [2.24, 2.45) is 0 Å². The highest BCUT2D eigenvalue weighted by Gasteiger charge is 2.27. The van der Waals surface area contributed by atoms with Crippen molar-refractivity contribution in [2.45, 2.75) is 38.6 Å². The number of hydrogen-bond acceptors (Lipinski definition) is 5. The summed E-state index contributed by atoms with van der Waals surface area (Å²) < 4.78 is 7.40. The predicted molar refractivity (Wildman–Crippen MR) is 94.3 cm³/mol. The van der Waals surface area contributed by atoms with Crippen molar-refractivity contribution in [2.75, 3.05) is 33.7 Å². The Morgan fingerprint density at radius 2 is 2.28 bits per heavy atom. The average molecular weight is 345 g/mol. The van der Waals surface area contributed by atoms with E-state index in [1.54, 1.807) is 0 Å². The number of aryl methyl sites for hydroxylation is 1. The first-order valence-electron chi connectivity index (χ1n) is 8.88. The molecule has 7 nitrogen and oxygen atoms in total. The minimum absolute atomic E-state index is 0.104. The molecule has 1 aliphatic rings. The molecule has 7 heteroatoms. The third-order valence-electron chi connectivity index (χ3n) is 4.68. The zero-order valence-electron chi connectivity index (χ0n) is 15.3. The van der Waals surface area contributed by atoms with Gasteiger partial charge in [0.1, 0.15) is 11.6 Å². The molecule has 1 fully saturated rings. The summed E-state index contributed by atoms with van der Waals surface area (Å²) in [6.45, 7) is 5.29. The van der Waals surface area contributed by atoms with Gasteiger partial charge in [0, 0.05) is 50.6 Å². The van der Waals surface area contributed by atoms with E-state index in [4.69, 9.17) is 4.52 Å². The number of hydrogen-bond donors (Lipinski definition) is 0. The molecule has 1 amide bonds. The Morgan fingerprint density at radius 1 is 1.44 bits per heavy atom. The summed E-state index contributed by atoms with van der Waals surface area (Å²) >= 11 is 0. The Kier molecular flexibility index (Phi) is 5.53. The van der Waals surface area contributed by atoms with Crippen molar-refractivity contribution >= 4 is 5.91 Å². The van der Waals surface area contributed by atoms with E-state index in [0.29, 0.717) is 11.7 Å². The molecule has 1 atom stereocenters. The van der Waals surface area contributed by atoms with E-state index < -0.39 is 0 Å². The van der Waals surface area contributed by atoms with Gasteiger partial charge >= 0.3 is 0 Å². The van der Waals surface area contributed by atoms with Gasteiger partial charge in [-0.15, -0.1) is 0 Å². The molecule has 2 aromatic heterocycles. The van der Waals surface area contributed by atoms with Crippen LogP contribution in [0.25, 0.3) is 0 Å². The summed E-state index contributed by atoms with van der Waals surface area (Å²) in [6, 6.07) is 1.83. The second kappa shape index (κ2) is 7.82. The van der Waals surface area contributed by atoms with E-state index in [2.05, 4.69) is 33.7 Å². The monoisotopic (exact) mass is 345 g/mol. The fourth-order valence-corrected chi connectivity index (χ4v) is 3.35. The molecule has 0 N–H and O–H groups in total. The van der Waals surface area contributed by atoms with Gasteiger partial charge in [0.2, 0.25) is 5.91 Å². The van der Waals surface area contributed by atoms with Crippen molar-refractivity contribution in [1.29, 1.82) is 0 Å². The lowest BCUT2D eigenvalue weighted by Gasteiger charge is -2.32. The van der Waals surface area contributed by atoms with Crippen LogP contribution in [0, 0.1) is 6.92 Å². The van der Waals surface area contributed by atoms with Gasteiger partial charge in [-0.2, -0.15) is 0 Å². The van der Waals surface area contributed by atoms with E-state index in [1.165, 1.54) is 0 Å². The lowest BCUT2D eigenvalue weighted by atomic mass is 9.96. The molecule has 1 saturated heterocycles. The van der Waals surface area contributed by atoms with Crippen LogP contribution < -0.4 is 0 Å². The topological polar surface area (TPSA) is 67.4 Å². The molecular formula is C18H27N5O2. The Balaban J connectivity index is 1.63. The standard InChI is InChI=1S/C18H27N5O2/c1-14-11-16(25-20-14)12-17(24)23-7-4-5-15(13-23)18-19-6-8-22(18)10-9-21(2)3/h6,8,11,15H,4-5,7,9-10,12-13H2,1-3H3. The summed E-state index contributed by atoms with van der Waals surface area (Å²) in [7, 11) is 4.14. The highest BCUT2D eigenvalue weighted by molar-refractivity contribution is 5.78. The van der Waals surface area contributed by atoms with Crippen LogP contribution in [-0.2, 0) is 17.8 Å². The van der Waals surface area contributed by atoms with Crippen LogP contribution in [-0.4, -0.2) is 64.1 Å². The summed E-state index contributed by atoms with van der Waals surface area (Å²) in [6.07, 6.45) is 6.26. The Hall–Kier alpha value is -2.15. The summed E-state index contributed by atoms with van der Waals surface area (Å²) in [4.78, 5) is 21.3. The first kappa shape index (κ1) is 17.7. The van der Waals surface area contributed by atoms with Crippen LogP contribution in [0.15, 0.2) is 23.0 Å². The number of aromatic nitrogens is 3. The molecule has 25 heavy (non-hydrogen) atoms. The number of imidazole rings is 1. The molecule has 0 spiro atoms. The van der Waals surface area contributed by atoms with Crippen molar-refractivity contribution < 1.29 is 9.32 Å². The first-order chi connectivity index (χ1) is 12.0. The molecule has 0 bridgehead atoms. The highest BCUT2D eigenvalue weighted by Crippen LogP contribution is 2.26. The zero-order chi connectivity index (χ0) is 17.8. The number of piperidine rings is 1. The number of carbonyl (C=O) groups is 1. The van der Waals surface area contributed by atoms with Gasteiger partial charge in [-0.3, -0.25) is 4.79 Å². The number of likely N-dealkylation sites (tertiary alicyclic amines) is 1. The lowest BCUT2D eigenvalue weighted by Crippen LogP contribution is -2.40. The number of likely N-dealkylation sites (N-methyl/N-ethyl adjacent to an activating group) is 1. The Labute approximate surface area is 148 Å². The minimum atomic E-state index is 0.104. The molecule has 3 heterocycles. The maximum absolute atomic E-state index is 12.6. The molecule has 0 aliphatic carbocycles. The fraction of sp³-hybridized carbons (Fsp3) is 0.611. The Morgan fingerprint density at radius 3 is 3.00 bits per heavy atom. The lowest BCUT2D eigenvalue weighted by molar-refractivity contribution is -0.132. The summed E-state index contributed by atoms with van der Waals surface area (Å²) in [5.74, 6) is 2.13. The summed E-state index contributed by atoms with van der Waals surface area (Å²) in [5, 5.41) is 3.85. The van der Waals surface area contributed by atoms with Gasteiger partial charge in [0.25, 0.3) is 0 Å². The van der Waals surface area contributed by atoms with Crippen molar-refractivity contribution in [3.63, 3.8) is 0 Å². The third kappa shape index (κ3) is 4.48. The van der Waals surface area contributed by atoms with Gasteiger partial charge in [0.15, 0.2) is 0 Å². The van der Waals surface area contributed by atoms with Crippen LogP contribution in [0.3, 0.4) is 0 Å². The van der Waals surface area contributed by atoms with Crippen LogP contribution in [0.2, 0.25) is 0 Å². The second-order valence-corrected chi connectivity index (χ2v) is 7.07. The number of rotatable bonds is 6. The van der Waals surface area contributed by atoms with Crippen LogP contribution in [0.5, 0.6) is 0 Å². The Bertz CT molecular complexity index is 706. The van der Waals surface area contributed by atoms with Crippen LogP contribution in [0.4, 0.5) is 0 Å². The quantitative estimate of drug-likeness (QED) is 0.797. The minimum Gasteiger partial charge on any atom is -0.361 e. The molecule has 0 aromatic carbocycles. The van der Waals surface area contributed by atoms with E-state index in [0.717, 1.165) is 50.5 Å². The molecule has 1 unspecified atom stereocenters. The fourth-order valence-electron chi connectivity index (χ4n) is 3.35. The second-order valence-electron chi connectivity index (χ2n) is 7.07. The number of carbonyl (C=O) groups excluding carboxylic acids is 1. The van der Waals surface area contributed by atoms with Crippen LogP contribution in [0.1, 0.15) is 36.0 Å².